The SMILES string of the molecule is O=C(Nc1ccn2ncnc2c1)C(F)Cl.O=C(O)C(F)(F)F. The first kappa shape index (κ1) is 17.6. The number of hydrogen-bond acceptors (Lipinski definition) is 4. The predicted molar refractivity (Wildman–Crippen MR) is 66.1 cm³/mol. The molecule has 22 heavy (non-hydrogen) atoms. The topological polar surface area (TPSA) is 96.6 Å². The van der Waals surface area contributed by atoms with Crippen molar-refractivity contribution in [2.45, 2.75) is 11.8 Å². The van der Waals surface area contributed by atoms with E-state index in [0.29, 0.717) is 11.3 Å². The van der Waals surface area contributed by atoms with Crippen LogP contribution >= 0.6 is 11.6 Å². The Bertz CT molecular complexity index is 673. The zero-order chi connectivity index (χ0) is 16.9. The first-order valence-corrected chi connectivity index (χ1v) is 5.73. The van der Waals surface area contributed by atoms with Crippen LogP contribution in [-0.2, 0) is 9.59 Å². The molecule has 0 aliphatic carbocycles. The van der Waals surface area contributed by atoms with Crippen LogP contribution in [0.4, 0.5) is 23.2 Å². The highest BCUT2D eigenvalue weighted by atomic mass is 35.5. The van der Waals surface area contributed by atoms with Crippen LogP contribution in [0.1, 0.15) is 0 Å². The van der Waals surface area contributed by atoms with E-state index in [2.05, 4.69) is 15.4 Å². The van der Waals surface area contributed by atoms with Crippen molar-refractivity contribution < 1.29 is 32.3 Å². The molecular formula is C10H7ClF4N4O3. The number of amides is 1. The van der Waals surface area contributed by atoms with Gasteiger partial charge in [-0.2, -0.15) is 18.3 Å². The number of anilines is 1. The molecule has 0 radical (unpaired) electrons. The Morgan fingerprint density at radius 3 is 2.50 bits per heavy atom. The summed E-state index contributed by atoms with van der Waals surface area (Å²) >= 11 is 4.96. The quantitative estimate of drug-likeness (QED) is 0.641. The maximum atomic E-state index is 12.4. The van der Waals surface area contributed by atoms with E-state index in [1.807, 2.05) is 0 Å². The minimum atomic E-state index is -5.08. The van der Waals surface area contributed by atoms with Gasteiger partial charge in [0.2, 0.25) is 0 Å². The molecule has 0 fully saturated rings. The molecule has 0 spiro atoms. The second-order valence-electron chi connectivity index (χ2n) is 3.57. The van der Waals surface area contributed by atoms with Crippen LogP contribution in [0.5, 0.6) is 0 Å². The summed E-state index contributed by atoms with van der Waals surface area (Å²) in [5, 5.41) is 13.3. The third-order valence-corrected chi connectivity index (χ3v) is 2.19. The van der Waals surface area contributed by atoms with Crippen LogP contribution in [0.2, 0.25) is 0 Å². The van der Waals surface area contributed by atoms with Gasteiger partial charge in [0, 0.05) is 18.0 Å². The largest absolute Gasteiger partial charge is 0.490 e. The molecule has 0 aliphatic heterocycles. The van der Waals surface area contributed by atoms with Gasteiger partial charge in [0.25, 0.3) is 11.5 Å². The van der Waals surface area contributed by atoms with Gasteiger partial charge in [0.15, 0.2) is 5.65 Å². The van der Waals surface area contributed by atoms with Crippen LogP contribution in [0.25, 0.3) is 5.65 Å². The number of carboxylic acids is 1. The number of aromatic nitrogens is 3. The summed E-state index contributed by atoms with van der Waals surface area (Å²) in [6.45, 7) is 0. The van der Waals surface area contributed by atoms with Gasteiger partial charge in [0.1, 0.15) is 6.33 Å². The van der Waals surface area contributed by atoms with Crippen molar-refractivity contribution in [2.75, 3.05) is 5.32 Å². The van der Waals surface area contributed by atoms with Crippen LogP contribution in [0.15, 0.2) is 24.7 Å². The summed E-state index contributed by atoms with van der Waals surface area (Å²) in [4.78, 5) is 23.7. The number of carbonyl (C=O) groups is 2. The Morgan fingerprint density at radius 2 is 2.00 bits per heavy atom. The molecule has 7 nitrogen and oxygen atoms in total. The van der Waals surface area contributed by atoms with Crippen LogP contribution < -0.4 is 5.32 Å². The monoisotopic (exact) mass is 342 g/mol. The average molecular weight is 343 g/mol. The van der Waals surface area contributed by atoms with Crippen LogP contribution in [0, 0.1) is 0 Å². The molecule has 0 saturated carbocycles. The molecule has 0 aromatic carbocycles. The molecule has 2 aromatic heterocycles. The molecule has 2 heterocycles. The van der Waals surface area contributed by atoms with E-state index in [0.717, 1.165) is 0 Å². The van der Waals surface area contributed by atoms with Gasteiger partial charge in [-0.1, -0.05) is 11.6 Å². The molecule has 0 bridgehead atoms. The van der Waals surface area contributed by atoms with E-state index in [4.69, 9.17) is 21.5 Å². The summed E-state index contributed by atoms with van der Waals surface area (Å²) in [5.74, 6) is -3.66. The number of nitrogens with zero attached hydrogens (tertiary/aromatic N) is 3. The average Bonchev–Trinajstić information content (AvgIpc) is 2.85. The van der Waals surface area contributed by atoms with Crippen molar-refractivity contribution in [3.05, 3.63) is 24.7 Å². The predicted octanol–water partition coefficient (Wildman–Crippen LogP) is 1.84. The number of pyridine rings is 1. The van der Waals surface area contributed by atoms with Gasteiger partial charge in [-0.05, 0) is 6.07 Å². The van der Waals surface area contributed by atoms with Crippen LogP contribution in [-0.4, -0.2) is 43.4 Å². The third kappa shape index (κ3) is 5.16. The van der Waals surface area contributed by atoms with Gasteiger partial charge in [-0.15, -0.1) is 0 Å². The number of rotatable bonds is 2. The summed E-state index contributed by atoms with van der Waals surface area (Å²) < 4.78 is 45.6. The number of hydrogen-bond donors (Lipinski definition) is 2. The fourth-order valence-electron chi connectivity index (χ4n) is 1.09. The van der Waals surface area contributed by atoms with Crippen LogP contribution in [0.3, 0.4) is 0 Å². The molecule has 1 amide bonds. The van der Waals surface area contributed by atoms with Gasteiger partial charge in [-0.3, -0.25) is 4.79 Å². The molecule has 2 rings (SSSR count). The number of nitrogens with one attached hydrogen (secondary N) is 1. The molecule has 2 N–H and O–H groups in total. The molecule has 0 saturated heterocycles. The summed E-state index contributed by atoms with van der Waals surface area (Å²) in [5.41, 5.74) is -1.08. The highest BCUT2D eigenvalue weighted by Gasteiger charge is 2.38. The Hall–Kier alpha value is -2.43. The normalized spacial score (nSPS) is 12.2. The zero-order valence-corrected chi connectivity index (χ0v) is 11.1. The molecular weight excluding hydrogens is 336 g/mol. The molecule has 1 unspecified atom stereocenters. The summed E-state index contributed by atoms with van der Waals surface area (Å²) in [6.07, 6.45) is -2.11. The van der Waals surface area contributed by atoms with Gasteiger partial charge in [-0.25, -0.2) is 18.7 Å². The minimum absolute atomic E-state index is 0.420. The van der Waals surface area contributed by atoms with Gasteiger partial charge >= 0.3 is 12.1 Å². The maximum absolute atomic E-state index is 12.4. The van der Waals surface area contributed by atoms with E-state index in [-0.39, 0.29) is 0 Å². The van der Waals surface area contributed by atoms with Crippen molar-refractivity contribution in [3.8, 4) is 0 Å². The van der Waals surface area contributed by atoms with E-state index >= 15 is 0 Å². The number of fused-ring (bicyclic) bond motifs is 1. The number of aliphatic carboxylic acids is 1. The number of carbonyl (C=O) groups excluding carboxylic acids is 1. The maximum Gasteiger partial charge on any atom is 0.490 e. The Morgan fingerprint density at radius 1 is 1.41 bits per heavy atom. The van der Waals surface area contributed by atoms with E-state index < -0.39 is 23.7 Å². The summed E-state index contributed by atoms with van der Waals surface area (Å²) in [6, 6.07) is 3.13. The number of carboxylic acid groups (broad SMARTS) is 1. The lowest BCUT2D eigenvalue weighted by atomic mass is 10.4. The van der Waals surface area contributed by atoms with Crippen molar-refractivity contribution in [2.24, 2.45) is 0 Å². The molecule has 1 atom stereocenters. The standard InChI is InChI=1S/C8H6ClFN4O.C2HF3O2/c9-7(10)8(15)13-5-1-2-14-6(3-5)11-4-12-14;3-2(4,5)1(6)7/h1-4,7H,(H,13,15);(H,6,7). The fraction of sp³-hybridized carbons (Fsp3) is 0.200. The zero-order valence-electron chi connectivity index (χ0n) is 10.4. The molecule has 0 aliphatic rings. The minimum Gasteiger partial charge on any atom is -0.475 e. The van der Waals surface area contributed by atoms with Gasteiger partial charge in [0.05, 0.1) is 0 Å². The lowest BCUT2D eigenvalue weighted by molar-refractivity contribution is -0.192. The van der Waals surface area contributed by atoms with Crippen molar-refractivity contribution in [1.29, 1.82) is 0 Å². The van der Waals surface area contributed by atoms with E-state index in [1.54, 1.807) is 18.3 Å². The Kier molecular flexibility index (Phi) is 5.63. The smallest absolute Gasteiger partial charge is 0.475 e. The van der Waals surface area contributed by atoms with E-state index in [1.165, 1.54) is 10.8 Å². The fourth-order valence-corrected chi connectivity index (χ4v) is 1.14. The second-order valence-corrected chi connectivity index (χ2v) is 3.95. The number of halogens is 5. The van der Waals surface area contributed by atoms with Crippen molar-refractivity contribution in [3.63, 3.8) is 0 Å². The number of alkyl halides is 5. The summed E-state index contributed by atoms with van der Waals surface area (Å²) in [7, 11) is 0. The van der Waals surface area contributed by atoms with E-state index in [9.17, 15) is 22.4 Å². The highest BCUT2D eigenvalue weighted by molar-refractivity contribution is 6.31. The second kappa shape index (κ2) is 7.02. The van der Waals surface area contributed by atoms with Crippen molar-refractivity contribution >= 4 is 34.8 Å². The first-order valence-electron chi connectivity index (χ1n) is 5.30. The van der Waals surface area contributed by atoms with Gasteiger partial charge < -0.3 is 10.4 Å². The third-order valence-electron chi connectivity index (χ3n) is 1.99. The Labute approximate surface area is 124 Å². The first-order chi connectivity index (χ1) is 10.1. The molecule has 12 heteroatoms. The molecule has 2 aromatic rings. The lowest BCUT2D eigenvalue weighted by Crippen LogP contribution is -2.21. The highest BCUT2D eigenvalue weighted by Crippen LogP contribution is 2.13. The van der Waals surface area contributed by atoms with Crippen molar-refractivity contribution in [1.82, 2.24) is 14.6 Å². The molecule has 120 valence electrons. The lowest BCUT2D eigenvalue weighted by Gasteiger charge is -2.04. The Balaban J connectivity index is 0.000000295.